The van der Waals surface area contributed by atoms with E-state index in [1.54, 1.807) is 0 Å². The van der Waals surface area contributed by atoms with Gasteiger partial charge in [-0.05, 0) is 12.8 Å². The molecule has 0 unspecified atom stereocenters. The molecule has 0 N–H and O–H groups in total. The van der Waals surface area contributed by atoms with E-state index in [9.17, 15) is 8.78 Å². The van der Waals surface area contributed by atoms with Crippen LogP contribution in [0.4, 0.5) is 8.78 Å². The average molecular weight is 289 g/mol. The second-order valence-corrected chi connectivity index (χ2v) is 2.67. The molecule has 0 radical (unpaired) electrons. The quantitative estimate of drug-likeness (QED) is 0.448. The van der Waals surface area contributed by atoms with E-state index in [1.165, 1.54) is 18.9 Å². The Bertz CT molecular complexity index is 232. The molecular weight excluding hydrogens is 278 g/mol. The first-order valence-corrected chi connectivity index (χ1v) is 4.19. The third-order valence-corrected chi connectivity index (χ3v) is 1.56. The van der Waals surface area contributed by atoms with E-state index in [1.807, 2.05) is 0 Å². The van der Waals surface area contributed by atoms with Crippen molar-refractivity contribution in [1.29, 1.82) is 0 Å². The summed E-state index contributed by atoms with van der Waals surface area (Å²) >= 11 is 0. The SMILES string of the molecule is C1CCOC1.Fc1[c-]ccc(F)c1.[Br-].[Mg+2]. The number of benzene rings is 1. The van der Waals surface area contributed by atoms with Crippen LogP contribution >= 0.6 is 0 Å². The summed E-state index contributed by atoms with van der Waals surface area (Å²) in [6.45, 7) is 2.00. The molecule has 1 saturated heterocycles. The molecule has 1 aromatic carbocycles. The van der Waals surface area contributed by atoms with Gasteiger partial charge in [-0.1, -0.05) is 0 Å². The van der Waals surface area contributed by atoms with Crippen molar-refractivity contribution in [3.63, 3.8) is 0 Å². The first kappa shape index (κ1) is 17.7. The van der Waals surface area contributed by atoms with E-state index in [-0.39, 0.29) is 40.0 Å². The molecule has 0 atom stereocenters. The Kier molecular flexibility index (Phi) is 12.7. The minimum Gasteiger partial charge on any atom is -1.00 e. The molecule has 1 aliphatic heterocycles. The summed E-state index contributed by atoms with van der Waals surface area (Å²) in [5.41, 5.74) is 0. The molecule has 1 aliphatic rings. The maximum absolute atomic E-state index is 11.9. The predicted molar refractivity (Wildman–Crippen MR) is 51.0 cm³/mol. The van der Waals surface area contributed by atoms with Crippen molar-refractivity contribution in [1.82, 2.24) is 0 Å². The molecule has 0 aliphatic carbocycles. The van der Waals surface area contributed by atoms with Gasteiger partial charge in [0.1, 0.15) is 0 Å². The number of ether oxygens (including phenoxy) is 1. The Morgan fingerprint density at radius 3 is 2.07 bits per heavy atom. The standard InChI is InChI=1S/C6H3F2.C4H8O.BrH.Mg/c7-5-2-1-3-6(8)4-5;1-2-4-5-3-1;;/h1-2,4H;1-4H2;1H;/q-1;;;+2/p-1. The molecule has 1 nitrogen and oxygen atoms in total. The minimum atomic E-state index is -0.662. The Morgan fingerprint density at radius 1 is 1.20 bits per heavy atom. The monoisotopic (exact) mass is 288 g/mol. The summed E-state index contributed by atoms with van der Waals surface area (Å²) in [6, 6.07) is 5.28. The number of hydrogen-bond donors (Lipinski definition) is 0. The van der Waals surface area contributed by atoms with Crippen molar-refractivity contribution >= 4 is 23.1 Å². The summed E-state index contributed by atoms with van der Waals surface area (Å²) in [6.07, 6.45) is 2.56. The van der Waals surface area contributed by atoms with Crippen molar-refractivity contribution in [2.75, 3.05) is 13.2 Å². The van der Waals surface area contributed by atoms with Gasteiger partial charge in [-0.3, -0.25) is 0 Å². The van der Waals surface area contributed by atoms with Gasteiger partial charge in [-0.25, -0.2) is 8.78 Å². The topological polar surface area (TPSA) is 9.23 Å². The molecule has 5 heteroatoms. The van der Waals surface area contributed by atoms with Gasteiger partial charge in [-0.15, -0.1) is 18.2 Å². The number of rotatable bonds is 0. The van der Waals surface area contributed by atoms with Crippen LogP contribution in [0.25, 0.3) is 0 Å². The minimum absolute atomic E-state index is 0. The van der Waals surface area contributed by atoms with Crippen LogP contribution in [0.5, 0.6) is 0 Å². The van der Waals surface area contributed by atoms with E-state index in [0.717, 1.165) is 25.3 Å². The summed E-state index contributed by atoms with van der Waals surface area (Å²) in [5.74, 6) is -1.23. The van der Waals surface area contributed by atoms with Crippen LogP contribution in [0.1, 0.15) is 12.8 Å². The van der Waals surface area contributed by atoms with E-state index < -0.39 is 11.6 Å². The second-order valence-electron chi connectivity index (χ2n) is 2.67. The van der Waals surface area contributed by atoms with Crippen molar-refractivity contribution in [2.24, 2.45) is 0 Å². The van der Waals surface area contributed by atoms with Crippen LogP contribution in [0.2, 0.25) is 0 Å². The molecule has 1 aromatic rings. The Hall–Kier alpha value is 0.286. The molecule has 1 heterocycles. The summed E-state index contributed by atoms with van der Waals surface area (Å²) < 4.78 is 28.7. The molecule has 15 heavy (non-hydrogen) atoms. The van der Waals surface area contributed by atoms with E-state index in [0.29, 0.717) is 0 Å². The van der Waals surface area contributed by atoms with E-state index >= 15 is 0 Å². The molecular formula is C10H11BrF2MgO. The molecule has 0 spiro atoms. The van der Waals surface area contributed by atoms with Crippen molar-refractivity contribution < 1.29 is 30.5 Å². The molecule has 0 aromatic heterocycles. The first-order valence-electron chi connectivity index (χ1n) is 4.19. The van der Waals surface area contributed by atoms with Crippen LogP contribution in [-0.2, 0) is 4.74 Å². The third kappa shape index (κ3) is 9.23. The van der Waals surface area contributed by atoms with Gasteiger partial charge in [0, 0.05) is 24.8 Å². The first-order chi connectivity index (χ1) is 6.29. The van der Waals surface area contributed by atoms with E-state index in [2.05, 4.69) is 6.07 Å². The van der Waals surface area contributed by atoms with Crippen LogP contribution in [0, 0.1) is 17.7 Å². The summed E-state index contributed by atoms with van der Waals surface area (Å²) in [5, 5.41) is 0. The van der Waals surface area contributed by atoms with Crippen molar-refractivity contribution in [2.45, 2.75) is 12.8 Å². The van der Waals surface area contributed by atoms with E-state index in [4.69, 9.17) is 4.74 Å². The summed E-state index contributed by atoms with van der Waals surface area (Å²) in [7, 11) is 0. The van der Waals surface area contributed by atoms with Crippen LogP contribution in [0.15, 0.2) is 18.2 Å². The van der Waals surface area contributed by atoms with Crippen molar-refractivity contribution in [3.8, 4) is 0 Å². The van der Waals surface area contributed by atoms with Crippen LogP contribution in [0.3, 0.4) is 0 Å². The molecule has 1 fully saturated rings. The van der Waals surface area contributed by atoms with Gasteiger partial charge < -0.3 is 21.7 Å². The predicted octanol–water partition coefficient (Wildman–Crippen LogP) is -0.815. The fraction of sp³-hybridized carbons (Fsp3) is 0.400. The zero-order chi connectivity index (χ0) is 9.52. The molecule has 0 bridgehead atoms. The van der Waals surface area contributed by atoms with Gasteiger partial charge in [0.25, 0.3) is 0 Å². The normalized spacial score (nSPS) is 12.9. The van der Waals surface area contributed by atoms with Crippen LogP contribution in [-0.4, -0.2) is 36.3 Å². The number of halogens is 3. The average Bonchev–Trinajstić information content (AvgIpc) is 2.59. The Morgan fingerprint density at radius 2 is 1.80 bits per heavy atom. The summed E-state index contributed by atoms with van der Waals surface area (Å²) in [4.78, 5) is 0. The maximum Gasteiger partial charge on any atom is 2.00 e. The third-order valence-electron chi connectivity index (χ3n) is 1.56. The molecule has 0 amide bonds. The second kappa shape index (κ2) is 10.8. The largest absolute Gasteiger partial charge is 2.00 e. The zero-order valence-corrected chi connectivity index (χ0v) is 11.3. The Balaban J connectivity index is 0. The number of hydrogen-bond acceptors (Lipinski definition) is 1. The molecule has 2 rings (SSSR count). The van der Waals surface area contributed by atoms with Gasteiger partial charge in [0.2, 0.25) is 0 Å². The van der Waals surface area contributed by atoms with Gasteiger partial charge >= 0.3 is 23.1 Å². The van der Waals surface area contributed by atoms with Crippen molar-refractivity contribution in [3.05, 3.63) is 35.9 Å². The smallest absolute Gasteiger partial charge is 1.00 e. The fourth-order valence-corrected chi connectivity index (χ4v) is 0.922. The molecule has 80 valence electrons. The van der Waals surface area contributed by atoms with Gasteiger partial charge in [-0.2, -0.15) is 6.07 Å². The Labute approximate surface area is 115 Å². The van der Waals surface area contributed by atoms with Gasteiger partial charge in [0.15, 0.2) is 0 Å². The molecule has 0 saturated carbocycles. The maximum atomic E-state index is 11.9. The van der Waals surface area contributed by atoms with Gasteiger partial charge in [0.05, 0.1) is 0 Å². The zero-order valence-electron chi connectivity index (χ0n) is 8.31. The van der Waals surface area contributed by atoms with Crippen LogP contribution < -0.4 is 17.0 Å². The fourth-order valence-electron chi connectivity index (χ4n) is 0.922.